The summed E-state index contributed by atoms with van der Waals surface area (Å²) >= 11 is 5.80. The molecular weight excluding hydrogens is 200 g/mol. The van der Waals surface area contributed by atoms with Crippen molar-refractivity contribution in [2.45, 2.75) is 19.4 Å². The van der Waals surface area contributed by atoms with Crippen LogP contribution in [-0.2, 0) is 0 Å². The minimum absolute atomic E-state index is 0.0836. The molecule has 0 radical (unpaired) electrons. The molecule has 1 rings (SSSR count). The van der Waals surface area contributed by atoms with Gasteiger partial charge in [-0.3, -0.25) is 0 Å². The van der Waals surface area contributed by atoms with Crippen LogP contribution < -0.4 is 5.73 Å². The van der Waals surface area contributed by atoms with Crippen molar-refractivity contribution in [1.82, 2.24) is 0 Å². The zero-order chi connectivity index (χ0) is 10.7. The molecule has 1 aromatic carbocycles. The first kappa shape index (κ1) is 10.8. The lowest BCUT2D eigenvalue weighted by Gasteiger charge is -2.12. The van der Waals surface area contributed by atoms with E-state index in [2.05, 4.69) is 0 Å². The zero-order valence-electron chi connectivity index (χ0n) is 7.79. The quantitative estimate of drug-likeness (QED) is 0.787. The lowest BCUT2D eigenvalue weighted by atomic mass is 10.0. The number of nitrogens with zero attached hydrogens (tertiary/aromatic N) is 1. The van der Waals surface area contributed by atoms with E-state index in [1.807, 2.05) is 6.07 Å². The van der Waals surface area contributed by atoms with Gasteiger partial charge < -0.3 is 10.8 Å². The first-order valence-electron chi connectivity index (χ1n) is 4.18. The van der Waals surface area contributed by atoms with Crippen molar-refractivity contribution in [3.63, 3.8) is 0 Å². The Kier molecular flexibility index (Phi) is 3.34. The van der Waals surface area contributed by atoms with Crippen LogP contribution in [0, 0.1) is 18.3 Å². The number of phenolic OH excluding ortho intramolecular Hbond substituents is 1. The lowest BCUT2D eigenvalue weighted by Crippen LogP contribution is -2.09. The lowest BCUT2D eigenvalue weighted by molar-refractivity contribution is 0.458. The van der Waals surface area contributed by atoms with Gasteiger partial charge in [-0.25, -0.2) is 0 Å². The van der Waals surface area contributed by atoms with Crippen molar-refractivity contribution in [3.05, 3.63) is 28.3 Å². The molecule has 1 aromatic rings. The number of hydrogen-bond acceptors (Lipinski definition) is 3. The Labute approximate surface area is 87.7 Å². The number of nitrogens with two attached hydrogens (primary N) is 1. The molecule has 0 heterocycles. The first-order valence-corrected chi connectivity index (χ1v) is 4.56. The highest BCUT2D eigenvalue weighted by atomic mass is 35.5. The van der Waals surface area contributed by atoms with Gasteiger partial charge in [-0.05, 0) is 13.0 Å². The maximum Gasteiger partial charge on any atom is 0.124 e. The van der Waals surface area contributed by atoms with Gasteiger partial charge in [-0.2, -0.15) is 5.26 Å². The van der Waals surface area contributed by atoms with E-state index in [1.54, 1.807) is 19.1 Å². The van der Waals surface area contributed by atoms with E-state index in [-0.39, 0.29) is 12.2 Å². The van der Waals surface area contributed by atoms with E-state index in [1.165, 1.54) is 0 Å². The minimum Gasteiger partial charge on any atom is -0.507 e. The summed E-state index contributed by atoms with van der Waals surface area (Å²) in [5.74, 6) is 0.0836. The Hall–Kier alpha value is -1.24. The van der Waals surface area contributed by atoms with E-state index in [9.17, 15) is 5.11 Å². The molecule has 0 unspecified atom stereocenters. The molecule has 3 N–H and O–H groups in total. The van der Waals surface area contributed by atoms with Gasteiger partial charge in [0.05, 0.1) is 12.5 Å². The second kappa shape index (κ2) is 4.32. The highest BCUT2D eigenvalue weighted by Crippen LogP contribution is 2.32. The Bertz CT molecular complexity index is 384. The largest absolute Gasteiger partial charge is 0.507 e. The molecule has 1 atom stereocenters. The Balaban J connectivity index is 3.12. The van der Waals surface area contributed by atoms with E-state index >= 15 is 0 Å². The minimum atomic E-state index is -0.462. The molecule has 14 heavy (non-hydrogen) atoms. The van der Waals surface area contributed by atoms with Crippen LogP contribution in [0.15, 0.2) is 12.1 Å². The molecule has 4 heteroatoms. The van der Waals surface area contributed by atoms with Gasteiger partial charge in [-0.1, -0.05) is 17.7 Å². The molecule has 0 aromatic heterocycles. The Morgan fingerprint density at radius 1 is 1.64 bits per heavy atom. The maximum atomic E-state index is 9.70. The predicted octanol–water partition coefficient (Wildman–Crippen LogP) is 2.27. The van der Waals surface area contributed by atoms with Crippen LogP contribution >= 0.6 is 11.6 Å². The maximum absolute atomic E-state index is 9.70. The number of nitriles is 1. The van der Waals surface area contributed by atoms with Crippen molar-refractivity contribution in [1.29, 1.82) is 5.26 Å². The fourth-order valence-corrected chi connectivity index (χ4v) is 1.36. The molecule has 3 nitrogen and oxygen atoms in total. The third-order valence-electron chi connectivity index (χ3n) is 2.11. The van der Waals surface area contributed by atoms with Gasteiger partial charge in [0, 0.05) is 22.2 Å². The average molecular weight is 211 g/mol. The summed E-state index contributed by atoms with van der Waals surface area (Å²) in [6.45, 7) is 1.71. The normalized spacial score (nSPS) is 12.1. The van der Waals surface area contributed by atoms with E-state index < -0.39 is 6.04 Å². The van der Waals surface area contributed by atoms with Gasteiger partial charge in [0.2, 0.25) is 0 Å². The van der Waals surface area contributed by atoms with Crippen LogP contribution in [0.4, 0.5) is 0 Å². The van der Waals surface area contributed by atoms with Gasteiger partial charge in [0.15, 0.2) is 0 Å². The van der Waals surface area contributed by atoms with Crippen molar-refractivity contribution in [2.75, 3.05) is 0 Å². The summed E-state index contributed by atoms with van der Waals surface area (Å²) in [7, 11) is 0. The van der Waals surface area contributed by atoms with Crippen LogP contribution in [0.3, 0.4) is 0 Å². The highest BCUT2D eigenvalue weighted by molar-refractivity contribution is 6.31. The van der Waals surface area contributed by atoms with Gasteiger partial charge >= 0.3 is 0 Å². The number of phenols is 1. The molecule has 0 aliphatic carbocycles. The van der Waals surface area contributed by atoms with Crippen LogP contribution in [0.2, 0.25) is 5.02 Å². The number of aromatic hydroxyl groups is 1. The summed E-state index contributed by atoms with van der Waals surface area (Å²) in [6, 6.07) is 4.81. The molecule has 0 bridgehead atoms. The van der Waals surface area contributed by atoms with Crippen molar-refractivity contribution >= 4 is 11.6 Å². The van der Waals surface area contributed by atoms with Crippen molar-refractivity contribution < 1.29 is 5.11 Å². The summed E-state index contributed by atoms with van der Waals surface area (Å²) < 4.78 is 0. The molecule has 0 saturated carbocycles. The summed E-state index contributed by atoms with van der Waals surface area (Å²) in [4.78, 5) is 0. The zero-order valence-corrected chi connectivity index (χ0v) is 8.54. The van der Waals surface area contributed by atoms with E-state index in [0.717, 1.165) is 0 Å². The predicted molar refractivity (Wildman–Crippen MR) is 55.0 cm³/mol. The van der Waals surface area contributed by atoms with Crippen LogP contribution in [0.5, 0.6) is 5.75 Å². The van der Waals surface area contributed by atoms with Crippen molar-refractivity contribution in [3.8, 4) is 11.8 Å². The fraction of sp³-hybridized carbons (Fsp3) is 0.300. The molecule has 0 amide bonds. The summed E-state index contributed by atoms with van der Waals surface area (Å²) in [5.41, 5.74) is 6.86. The molecular formula is C10H11ClN2O. The molecule has 0 spiro atoms. The number of rotatable bonds is 2. The van der Waals surface area contributed by atoms with Crippen LogP contribution in [0.1, 0.15) is 23.6 Å². The van der Waals surface area contributed by atoms with Gasteiger partial charge in [0.25, 0.3) is 0 Å². The molecule has 0 fully saturated rings. The first-order chi connectivity index (χ1) is 6.57. The van der Waals surface area contributed by atoms with Gasteiger partial charge in [0.1, 0.15) is 5.75 Å². The van der Waals surface area contributed by atoms with Crippen LogP contribution in [-0.4, -0.2) is 5.11 Å². The SMILES string of the molecule is Cc1c(Cl)ccc([C@@H](N)CC#N)c1O. The van der Waals surface area contributed by atoms with E-state index in [0.29, 0.717) is 16.1 Å². The second-order valence-electron chi connectivity index (χ2n) is 3.08. The smallest absolute Gasteiger partial charge is 0.124 e. The number of hydrogen-bond donors (Lipinski definition) is 2. The fourth-order valence-electron chi connectivity index (χ4n) is 1.20. The summed E-state index contributed by atoms with van der Waals surface area (Å²) in [5, 5.41) is 18.7. The third-order valence-corrected chi connectivity index (χ3v) is 2.52. The Morgan fingerprint density at radius 2 is 2.29 bits per heavy atom. The molecule has 0 saturated heterocycles. The van der Waals surface area contributed by atoms with Crippen LogP contribution in [0.25, 0.3) is 0 Å². The van der Waals surface area contributed by atoms with Crippen molar-refractivity contribution in [2.24, 2.45) is 5.73 Å². The second-order valence-corrected chi connectivity index (χ2v) is 3.49. The Morgan fingerprint density at radius 3 is 2.86 bits per heavy atom. The third kappa shape index (κ3) is 1.98. The molecule has 0 aliphatic heterocycles. The number of benzene rings is 1. The highest BCUT2D eigenvalue weighted by Gasteiger charge is 2.13. The monoisotopic (exact) mass is 210 g/mol. The number of halogens is 1. The standard InChI is InChI=1S/C10H11ClN2O/c1-6-8(11)3-2-7(10(6)14)9(13)4-5-12/h2-3,9,14H,4,13H2,1H3/t9-/m0/s1. The average Bonchev–Trinajstić information content (AvgIpc) is 2.15. The van der Waals surface area contributed by atoms with Gasteiger partial charge in [-0.15, -0.1) is 0 Å². The molecule has 0 aliphatic rings. The molecule has 74 valence electrons. The summed E-state index contributed by atoms with van der Waals surface area (Å²) in [6.07, 6.45) is 0.175. The van der Waals surface area contributed by atoms with E-state index in [4.69, 9.17) is 22.6 Å². The topological polar surface area (TPSA) is 70.0 Å².